The van der Waals surface area contributed by atoms with Gasteiger partial charge in [0.2, 0.25) is 12.3 Å². The van der Waals surface area contributed by atoms with Crippen LogP contribution in [0.1, 0.15) is 33.1 Å². The second-order valence-electron chi connectivity index (χ2n) is 7.24. The molecular formula is C24H21ClN3O2+. The number of carbonyl (C=O) groups is 2. The van der Waals surface area contributed by atoms with Gasteiger partial charge in [-0.15, -0.1) is 10.1 Å². The molecule has 1 saturated heterocycles. The molecule has 150 valence electrons. The van der Waals surface area contributed by atoms with Crippen LogP contribution in [0.2, 0.25) is 5.02 Å². The summed E-state index contributed by atoms with van der Waals surface area (Å²) in [5.74, 6) is -0.559. The molecule has 4 rings (SSSR count). The molecule has 0 bridgehead atoms. The Morgan fingerprint density at radius 1 is 1.00 bits per heavy atom. The highest BCUT2D eigenvalue weighted by molar-refractivity contribution is 6.30. The number of hydrazone groups is 1. The van der Waals surface area contributed by atoms with Crippen LogP contribution < -0.4 is 10.7 Å². The van der Waals surface area contributed by atoms with Gasteiger partial charge in [-0.1, -0.05) is 59.6 Å². The summed E-state index contributed by atoms with van der Waals surface area (Å²) in [5, 5.41) is 3.54. The van der Waals surface area contributed by atoms with E-state index in [1.165, 1.54) is 0 Å². The van der Waals surface area contributed by atoms with Crippen LogP contribution in [0.3, 0.4) is 0 Å². The van der Waals surface area contributed by atoms with Crippen molar-refractivity contribution in [2.75, 3.05) is 0 Å². The van der Waals surface area contributed by atoms with E-state index >= 15 is 0 Å². The maximum atomic E-state index is 12.8. The molecule has 1 heterocycles. The highest BCUT2D eigenvalue weighted by Gasteiger charge is 2.47. The number of halogens is 1. The summed E-state index contributed by atoms with van der Waals surface area (Å²) < 4.78 is 1.74. The molecule has 30 heavy (non-hydrogen) atoms. The maximum Gasteiger partial charge on any atom is 0.304 e. The van der Waals surface area contributed by atoms with Gasteiger partial charge in [-0.25, -0.2) is 0 Å². The molecule has 5 nitrogen and oxygen atoms in total. The summed E-state index contributed by atoms with van der Waals surface area (Å²) in [5.41, 5.74) is 6.31. The molecule has 1 aliphatic heterocycles. The second-order valence-corrected chi connectivity index (χ2v) is 7.67. The predicted octanol–water partition coefficient (Wildman–Crippen LogP) is 3.66. The molecule has 0 aliphatic carbocycles. The number of aryl methyl sites for hydroxylation is 1. The van der Waals surface area contributed by atoms with Gasteiger partial charge in [0.25, 0.3) is 5.91 Å². The van der Waals surface area contributed by atoms with Gasteiger partial charge in [-0.3, -0.25) is 9.59 Å². The molecule has 6 heteroatoms. The van der Waals surface area contributed by atoms with Crippen molar-refractivity contribution in [3.05, 3.63) is 106 Å². The minimum Gasteiger partial charge on any atom is -0.334 e. The molecule has 2 atom stereocenters. The molecule has 0 radical (unpaired) electrons. The van der Waals surface area contributed by atoms with Crippen molar-refractivity contribution in [1.29, 1.82) is 0 Å². The normalized spacial score (nSPS) is 19.5. The summed E-state index contributed by atoms with van der Waals surface area (Å²) in [6, 6.07) is 23.0. The molecule has 1 aliphatic rings. The number of carbonyl (C=O) groups excluding carboxylic acids is 2. The quantitative estimate of drug-likeness (QED) is 0.635. The molecule has 2 N–H and O–H groups in total. The minimum atomic E-state index is -0.746. The van der Waals surface area contributed by atoms with Gasteiger partial charge in [-0.05, 0) is 43.3 Å². The number of hydrogen-bond acceptors (Lipinski definition) is 2. The van der Waals surface area contributed by atoms with Gasteiger partial charge < -0.3 is 5.32 Å². The Balaban J connectivity index is 1.70. The third-order valence-electron chi connectivity index (χ3n) is 5.04. The molecular weight excluding hydrogens is 398 g/mol. The van der Waals surface area contributed by atoms with Crippen LogP contribution >= 0.6 is 11.6 Å². The first-order valence-electron chi connectivity index (χ1n) is 9.63. The van der Waals surface area contributed by atoms with Crippen LogP contribution in [-0.4, -0.2) is 28.8 Å². The lowest BCUT2D eigenvalue weighted by Crippen LogP contribution is -2.42. The number of hydrazine groups is 1. The zero-order valence-corrected chi connectivity index (χ0v) is 17.1. The smallest absolute Gasteiger partial charge is 0.304 e. The van der Waals surface area contributed by atoms with Gasteiger partial charge in [0.15, 0.2) is 6.04 Å². The zero-order chi connectivity index (χ0) is 21.1. The van der Waals surface area contributed by atoms with E-state index in [0.717, 1.165) is 16.7 Å². The van der Waals surface area contributed by atoms with Crippen LogP contribution in [0, 0.1) is 6.92 Å². The van der Waals surface area contributed by atoms with Gasteiger partial charge >= 0.3 is 5.91 Å². The third kappa shape index (κ3) is 4.26. The van der Waals surface area contributed by atoms with E-state index in [-0.39, 0.29) is 11.8 Å². The Morgan fingerprint density at radius 3 is 2.33 bits per heavy atom. The molecule has 3 aromatic carbocycles. The van der Waals surface area contributed by atoms with Crippen molar-refractivity contribution in [1.82, 2.24) is 10.7 Å². The summed E-state index contributed by atoms with van der Waals surface area (Å²) >= 11 is 5.98. The maximum absolute atomic E-state index is 12.8. The highest BCUT2D eigenvalue weighted by Crippen LogP contribution is 2.26. The Morgan fingerprint density at radius 2 is 1.67 bits per heavy atom. The number of nitrogens with one attached hydrogen (secondary N) is 2. The number of hydrogen-bond donors (Lipinski definition) is 2. The van der Waals surface area contributed by atoms with E-state index in [1.807, 2.05) is 55.6 Å². The average Bonchev–Trinajstić information content (AvgIpc) is 3.05. The average molecular weight is 419 g/mol. The Bertz CT molecular complexity index is 1090. The number of amides is 2. The first kappa shape index (κ1) is 19.9. The lowest BCUT2D eigenvalue weighted by molar-refractivity contribution is -0.596. The lowest BCUT2D eigenvalue weighted by atomic mass is 9.98. The molecule has 0 unspecified atom stereocenters. The van der Waals surface area contributed by atoms with Crippen molar-refractivity contribution in [3.8, 4) is 0 Å². The van der Waals surface area contributed by atoms with Crippen LogP contribution in [-0.2, 0) is 4.79 Å². The Kier molecular flexibility index (Phi) is 5.63. The standard InChI is InChI=1S/C24H20ClN3O2/c1-16-7-11-18(12-8-16)22-21(26-23(29)19-5-3-2-4-6-19)24(30)27-28(22)15-17-9-13-20(25)14-10-17/h2-15,21-22H,1H3,(H-,26,27,29,30)/p+1/b28-15-/t21-,22+/m1/s1. The van der Waals surface area contributed by atoms with E-state index in [4.69, 9.17) is 11.6 Å². The van der Waals surface area contributed by atoms with Gasteiger partial charge in [0.1, 0.15) is 0 Å². The largest absolute Gasteiger partial charge is 0.334 e. The van der Waals surface area contributed by atoms with Crippen molar-refractivity contribution in [2.45, 2.75) is 19.0 Å². The third-order valence-corrected chi connectivity index (χ3v) is 5.29. The first-order valence-corrected chi connectivity index (χ1v) is 10.0. The fraction of sp³-hybridized carbons (Fsp3) is 0.125. The van der Waals surface area contributed by atoms with Crippen molar-refractivity contribution < 1.29 is 14.3 Å². The predicted molar refractivity (Wildman–Crippen MR) is 117 cm³/mol. The van der Waals surface area contributed by atoms with Crippen LogP contribution in [0.15, 0.2) is 78.9 Å². The first-order chi connectivity index (χ1) is 14.5. The molecule has 0 aromatic heterocycles. The fourth-order valence-corrected chi connectivity index (χ4v) is 3.59. The fourth-order valence-electron chi connectivity index (χ4n) is 3.47. The molecule has 1 fully saturated rings. The minimum absolute atomic E-state index is 0.268. The van der Waals surface area contributed by atoms with E-state index in [9.17, 15) is 9.59 Å². The SMILES string of the molecule is Cc1ccc([C@H]2[C@@H](NC(=O)c3ccccc3)C(=O)N/[N+]2=C\c2ccc(Cl)cc2)cc1. The van der Waals surface area contributed by atoms with Gasteiger partial charge in [-0.2, -0.15) is 0 Å². The second kappa shape index (κ2) is 8.51. The lowest BCUT2D eigenvalue weighted by Gasteiger charge is -2.15. The topological polar surface area (TPSA) is 61.2 Å². The van der Waals surface area contributed by atoms with Gasteiger partial charge in [0, 0.05) is 21.7 Å². The van der Waals surface area contributed by atoms with Gasteiger partial charge in [0.05, 0.1) is 0 Å². The van der Waals surface area contributed by atoms with E-state index in [2.05, 4.69) is 10.7 Å². The summed E-state index contributed by atoms with van der Waals surface area (Å²) in [7, 11) is 0. The number of nitrogens with zero attached hydrogens (tertiary/aromatic N) is 1. The summed E-state index contributed by atoms with van der Waals surface area (Å²) in [6.07, 6.45) is 1.84. The number of benzene rings is 3. The van der Waals surface area contributed by atoms with E-state index in [1.54, 1.807) is 41.1 Å². The highest BCUT2D eigenvalue weighted by atomic mass is 35.5. The van der Waals surface area contributed by atoms with Crippen LogP contribution in [0.5, 0.6) is 0 Å². The summed E-state index contributed by atoms with van der Waals surface area (Å²) in [6.45, 7) is 2.01. The zero-order valence-electron chi connectivity index (χ0n) is 16.4. The molecule has 2 amide bonds. The molecule has 0 saturated carbocycles. The van der Waals surface area contributed by atoms with Crippen molar-refractivity contribution >= 4 is 29.6 Å². The summed E-state index contributed by atoms with van der Waals surface area (Å²) in [4.78, 5) is 25.6. The molecule has 0 spiro atoms. The Hall–Kier alpha value is -3.44. The van der Waals surface area contributed by atoms with E-state index in [0.29, 0.717) is 10.6 Å². The van der Waals surface area contributed by atoms with Crippen molar-refractivity contribution in [3.63, 3.8) is 0 Å². The monoisotopic (exact) mass is 418 g/mol. The Labute approximate surface area is 180 Å². The van der Waals surface area contributed by atoms with Crippen LogP contribution in [0.25, 0.3) is 0 Å². The molecule has 3 aromatic rings. The van der Waals surface area contributed by atoms with Crippen LogP contribution in [0.4, 0.5) is 0 Å². The van der Waals surface area contributed by atoms with Crippen molar-refractivity contribution in [2.24, 2.45) is 0 Å². The number of rotatable bonds is 4. The van der Waals surface area contributed by atoms with E-state index < -0.39 is 12.1 Å².